The van der Waals surface area contributed by atoms with E-state index in [0.717, 1.165) is 35.0 Å². The molecule has 0 saturated carbocycles. The van der Waals surface area contributed by atoms with Gasteiger partial charge in [-0.15, -0.1) is 0 Å². The first-order chi connectivity index (χ1) is 11.2. The fourth-order valence-corrected chi connectivity index (χ4v) is 2.73. The van der Waals surface area contributed by atoms with Crippen LogP contribution >= 0.6 is 0 Å². The molecule has 2 aromatic rings. The highest BCUT2D eigenvalue weighted by atomic mass is 16.5. The lowest BCUT2D eigenvalue weighted by atomic mass is 10.1. The Balaban J connectivity index is 1.76. The van der Waals surface area contributed by atoms with Crippen molar-refractivity contribution in [2.24, 2.45) is 4.99 Å². The van der Waals surface area contributed by atoms with Crippen LogP contribution in [-0.4, -0.2) is 26.1 Å². The average Bonchev–Trinajstić information content (AvgIpc) is 3.09. The predicted molar refractivity (Wildman–Crippen MR) is 93.6 cm³/mol. The summed E-state index contributed by atoms with van der Waals surface area (Å²) in [7, 11) is 1.93. The van der Waals surface area contributed by atoms with Crippen LogP contribution in [0.4, 0.5) is 5.69 Å². The number of ether oxygens (including phenoxy) is 2. The van der Waals surface area contributed by atoms with Crippen LogP contribution < -0.4 is 10.1 Å². The molecule has 2 aromatic carbocycles. The molecule has 1 N–H and O–H groups in total. The van der Waals surface area contributed by atoms with Crippen molar-refractivity contribution in [1.29, 1.82) is 0 Å². The number of aliphatic imine (C=N–C) groups is 1. The fraction of sp³-hybridized carbons (Fsp3) is 0.316. The molecule has 0 spiro atoms. The number of nitrogens with one attached hydrogen (secondary N) is 1. The van der Waals surface area contributed by atoms with E-state index in [1.807, 2.05) is 32.2 Å². The minimum absolute atomic E-state index is 0.542. The summed E-state index contributed by atoms with van der Waals surface area (Å²) in [6.45, 7) is 6.11. The van der Waals surface area contributed by atoms with Crippen molar-refractivity contribution in [2.75, 3.05) is 25.5 Å². The number of hydrogen-bond acceptors (Lipinski definition) is 4. The molecule has 0 aliphatic carbocycles. The number of aryl methyl sites for hydroxylation is 2. The van der Waals surface area contributed by atoms with Gasteiger partial charge in [-0.3, -0.25) is 0 Å². The summed E-state index contributed by atoms with van der Waals surface area (Å²) < 4.78 is 11.6. The molecule has 0 amide bonds. The molecule has 3 rings (SSSR count). The van der Waals surface area contributed by atoms with Gasteiger partial charge in [-0.1, -0.05) is 12.1 Å². The van der Waals surface area contributed by atoms with E-state index in [2.05, 4.69) is 35.4 Å². The van der Waals surface area contributed by atoms with Crippen molar-refractivity contribution in [3.05, 3.63) is 58.7 Å². The Morgan fingerprint density at radius 1 is 1.17 bits per heavy atom. The first-order valence-electron chi connectivity index (χ1n) is 7.86. The minimum Gasteiger partial charge on any atom is -0.489 e. The second-order valence-electron chi connectivity index (χ2n) is 5.66. The smallest absolute Gasteiger partial charge is 0.216 e. The fourth-order valence-electron chi connectivity index (χ4n) is 2.73. The van der Waals surface area contributed by atoms with Crippen LogP contribution in [0.5, 0.6) is 5.75 Å². The van der Waals surface area contributed by atoms with Crippen LogP contribution in [0.3, 0.4) is 0 Å². The molecule has 1 aliphatic rings. The zero-order valence-electron chi connectivity index (χ0n) is 13.8. The Kier molecular flexibility index (Phi) is 4.51. The van der Waals surface area contributed by atoms with Crippen molar-refractivity contribution in [1.82, 2.24) is 0 Å². The van der Waals surface area contributed by atoms with Gasteiger partial charge in [0.1, 0.15) is 19.0 Å². The SMILES string of the molecule is CNc1cccc(C)c1COc1ccc(C2=NCCO2)cc1C. The molecule has 0 atom stereocenters. The highest BCUT2D eigenvalue weighted by Crippen LogP contribution is 2.25. The van der Waals surface area contributed by atoms with Gasteiger partial charge < -0.3 is 14.8 Å². The van der Waals surface area contributed by atoms with Gasteiger partial charge in [0.2, 0.25) is 5.90 Å². The first-order valence-corrected chi connectivity index (χ1v) is 7.86. The lowest BCUT2D eigenvalue weighted by Gasteiger charge is -2.15. The third kappa shape index (κ3) is 3.31. The molecule has 4 nitrogen and oxygen atoms in total. The van der Waals surface area contributed by atoms with E-state index in [-0.39, 0.29) is 0 Å². The van der Waals surface area contributed by atoms with Gasteiger partial charge in [0, 0.05) is 23.9 Å². The summed E-state index contributed by atoms with van der Waals surface area (Å²) in [5.41, 5.74) is 5.61. The molecule has 0 unspecified atom stereocenters. The Morgan fingerprint density at radius 2 is 2.04 bits per heavy atom. The van der Waals surface area contributed by atoms with E-state index in [4.69, 9.17) is 9.47 Å². The van der Waals surface area contributed by atoms with Crippen LogP contribution in [-0.2, 0) is 11.3 Å². The Labute approximate surface area is 137 Å². The largest absolute Gasteiger partial charge is 0.489 e. The quantitative estimate of drug-likeness (QED) is 0.915. The first kappa shape index (κ1) is 15.4. The van der Waals surface area contributed by atoms with Crippen LogP contribution in [0.1, 0.15) is 22.3 Å². The normalized spacial score (nSPS) is 13.4. The van der Waals surface area contributed by atoms with E-state index in [0.29, 0.717) is 13.2 Å². The maximum atomic E-state index is 6.04. The summed E-state index contributed by atoms with van der Waals surface area (Å²) >= 11 is 0. The number of benzene rings is 2. The lowest BCUT2D eigenvalue weighted by molar-refractivity contribution is 0.304. The minimum atomic E-state index is 0.542. The van der Waals surface area contributed by atoms with Gasteiger partial charge in [0.25, 0.3) is 0 Å². The average molecular weight is 310 g/mol. The molecule has 0 aromatic heterocycles. The maximum absolute atomic E-state index is 6.04. The molecule has 23 heavy (non-hydrogen) atoms. The monoisotopic (exact) mass is 310 g/mol. The maximum Gasteiger partial charge on any atom is 0.216 e. The molecule has 0 radical (unpaired) electrons. The summed E-state index contributed by atoms with van der Waals surface area (Å²) in [6, 6.07) is 12.3. The van der Waals surface area contributed by atoms with E-state index in [9.17, 15) is 0 Å². The van der Waals surface area contributed by atoms with Crippen molar-refractivity contribution >= 4 is 11.6 Å². The second kappa shape index (κ2) is 6.73. The van der Waals surface area contributed by atoms with Gasteiger partial charge >= 0.3 is 0 Å². The van der Waals surface area contributed by atoms with Crippen LogP contribution in [0.2, 0.25) is 0 Å². The second-order valence-corrected chi connectivity index (χ2v) is 5.66. The molecular formula is C19H22N2O2. The Bertz CT molecular complexity index is 738. The molecule has 0 saturated heterocycles. The van der Waals surface area contributed by atoms with Crippen molar-refractivity contribution < 1.29 is 9.47 Å². The van der Waals surface area contributed by atoms with E-state index in [1.54, 1.807) is 0 Å². The molecule has 1 heterocycles. The van der Waals surface area contributed by atoms with Gasteiger partial charge in [-0.2, -0.15) is 0 Å². The zero-order valence-corrected chi connectivity index (χ0v) is 13.8. The van der Waals surface area contributed by atoms with Crippen molar-refractivity contribution in [3.63, 3.8) is 0 Å². The van der Waals surface area contributed by atoms with Crippen LogP contribution in [0.25, 0.3) is 0 Å². The molecule has 1 aliphatic heterocycles. The van der Waals surface area contributed by atoms with E-state index in [1.165, 1.54) is 11.1 Å². The third-order valence-electron chi connectivity index (χ3n) is 4.06. The summed E-state index contributed by atoms with van der Waals surface area (Å²) in [6.07, 6.45) is 0. The highest BCUT2D eigenvalue weighted by Gasteiger charge is 2.12. The number of anilines is 1. The van der Waals surface area contributed by atoms with Gasteiger partial charge in [-0.25, -0.2) is 4.99 Å². The molecule has 0 fully saturated rings. The van der Waals surface area contributed by atoms with Crippen LogP contribution in [0, 0.1) is 13.8 Å². The van der Waals surface area contributed by atoms with E-state index < -0.39 is 0 Å². The van der Waals surface area contributed by atoms with Crippen LogP contribution in [0.15, 0.2) is 41.4 Å². The topological polar surface area (TPSA) is 42.8 Å². The molecular weight excluding hydrogens is 288 g/mol. The predicted octanol–water partition coefficient (Wildman–Crippen LogP) is 3.70. The van der Waals surface area contributed by atoms with E-state index >= 15 is 0 Å². The standard InChI is InChI=1S/C19H22N2O2/c1-13-5-4-6-17(20-3)16(13)12-23-18-8-7-15(11-14(18)2)19-21-9-10-22-19/h4-8,11,20H,9-10,12H2,1-3H3. The Hall–Kier alpha value is -2.49. The number of nitrogens with zero attached hydrogens (tertiary/aromatic N) is 1. The van der Waals surface area contributed by atoms with Gasteiger partial charge in [0.05, 0.1) is 6.54 Å². The van der Waals surface area contributed by atoms with Crippen molar-refractivity contribution in [3.8, 4) is 5.75 Å². The summed E-state index contributed by atoms with van der Waals surface area (Å²) in [4.78, 5) is 4.35. The molecule has 0 bridgehead atoms. The number of rotatable bonds is 5. The molecule has 4 heteroatoms. The Morgan fingerprint density at radius 3 is 2.74 bits per heavy atom. The lowest BCUT2D eigenvalue weighted by Crippen LogP contribution is -2.05. The van der Waals surface area contributed by atoms with Crippen molar-refractivity contribution in [2.45, 2.75) is 20.5 Å². The van der Waals surface area contributed by atoms with Gasteiger partial charge in [-0.05, 0) is 49.2 Å². The highest BCUT2D eigenvalue weighted by molar-refractivity contribution is 5.95. The summed E-state index contributed by atoms with van der Waals surface area (Å²) in [5, 5.41) is 3.22. The summed E-state index contributed by atoms with van der Waals surface area (Å²) in [5.74, 6) is 1.62. The zero-order chi connectivity index (χ0) is 16.2. The number of hydrogen-bond donors (Lipinski definition) is 1. The third-order valence-corrected chi connectivity index (χ3v) is 4.06. The van der Waals surface area contributed by atoms with Gasteiger partial charge in [0.15, 0.2) is 0 Å². The molecule has 120 valence electrons.